The van der Waals surface area contributed by atoms with Crippen molar-refractivity contribution in [1.82, 2.24) is 0 Å². The molecule has 588 valence electrons. The Morgan fingerprint density at radius 1 is 0.293 bits per heavy atom. The van der Waals surface area contributed by atoms with Crippen molar-refractivity contribution in [3.05, 3.63) is 0 Å². The number of phosphoric ester groups is 2. The Bertz CT molecular complexity index is 1920. The lowest BCUT2D eigenvalue weighted by molar-refractivity contribution is -0.161. The average Bonchev–Trinajstić information content (AvgIpc) is 1.05. The van der Waals surface area contributed by atoms with Gasteiger partial charge in [0, 0.05) is 25.7 Å². The number of aliphatic hydroxyl groups is 1. The molecule has 0 aliphatic rings. The molecule has 0 rings (SSSR count). The molecular formula is C80H156O17P2. The minimum atomic E-state index is -4.96. The fourth-order valence-corrected chi connectivity index (χ4v) is 13.9. The Morgan fingerprint density at radius 3 is 0.768 bits per heavy atom. The molecule has 0 saturated heterocycles. The monoisotopic (exact) mass is 1450 g/mol. The van der Waals surface area contributed by atoms with Gasteiger partial charge >= 0.3 is 39.5 Å². The van der Waals surface area contributed by atoms with Crippen LogP contribution < -0.4 is 0 Å². The topological polar surface area (TPSA) is 237 Å². The van der Waals surface area contributed by atoms with Crippen LogP contribution in [0.3, 0.4) is 0 Å². The second kappa shape index (κ2) is 70.4. The summed E-state index contributed by atoms with van der Waals surface area (Å²) < 4.78 is 68.6. The van der Waals surface area contributed by atoms with E-state index < -0.39 is 97.5 Å². The van der Waals surface area contributed by atoms with Gasteiger partial charge in [0.2, 0.25) is 0 Å². The van der Waals surface area contributed by atoms with E-state index in [0.29, 0.717) is 25.7 Å². The molecule has 0 aliphatic heterocycles. The summed E-state index contributed by atoms with van der Waals surface area (Å²) in [5, 5.41) is 10.6. The van der Waals surface area contributed by atoms with Crippen molar-refractivity contribution in [2.45, 2.75) is 433 Å². The maximum Gasteiger partial charge on any atom is 0.472 e. The number of carbonyl (C=O) groups excluding carboxylic acids is 4. The lowest BCUT2D eigenvalue weighted by Crippen LogP contribution is -2.30. The number of aliphatic hydroxyl groups excluding tert-OH is 1. The molecule has 0 aromatic rings. The molecule has 0 aromatic carbocycles. The number of ether oxygens (including phenoxy) is 4. The smallest absolute Gasteiger partial charge is 0.462 e. The van der Waals surface area contributed by atoms with Crippen molar-refractivity contribution in [3.63, 3.8) is 0 Å². The number of carbonyl (C=O) groups is 4. The molecule has 0 fully saturated rings. The van der Waals surface area contributed by atoms with Crippen LogP contribution >= 0.6 is 15.6 Å². The number of hydrogen-bond donors (Lipinski definition) is 3. The van der Waals surface area contributed by atoms with Gasteiger partial charge in [-0.3, -0.25) is 37.3 Å². The molecule has 0 aromatic heterocycles. The van der Waals surface area contributed by atoms with E-state index in [1.54, 1.807) is 0 Å². The van der Waals surface area contributed by atoms with E-state index >= 15 is 0 Å². The van der Waals surface area contributed by atoms with Crippen LogP contribution in [0.4, 0.5) is 0 Å². The second-order valence-electron chi connectivity index (χ2n) is 30.0. The number of hydrogen-bond acceptors (Lipinski definition) is 15. The van der Waals surface area contributed by atoms with E-state index in [-0.39, 0.29) is 25.7 Å². The Kier molecular flexibility index (Phi) is 69.0. The first-order valence-electron chi connectivity index (χ1n) is 41.4. The summed E-state index contributed by atoms with van der Waals surface area (Å²) in [7, 11) is -9.92. The highest BCUT2D eigenvalue weighted by Crippen LogP contribution is 2.45. The lowest BCUT2D eigenvalue weighted by Gasteiger charge is -2.21. The fourth-order valence-electron chi connectivity index (χ4n) is 12.3. The van der Waals surface area contributed by atoms with Gasteiger partial charge in [-0.1, -0.05) is 363 Å². The molecule has 0 aliphatic carbocycles. The molecule has 0 amide bonds. The van der Waals surface area contributed by atoms with Crippen LogP contribution in [0, 0.1) is 17.8 Å². The minimum absolute atomic E-state index is 0.106. The number of esters is 4. The van der Waals surface area contributed by atoms with Crippen LogP contribution in [0.5, 0.6) is 0 Å². The third-order valence-corrected chi connectivity index (χ3v) is 20.9. The summed E-state index contributed by atoms with van der Waals surface area (Å²) in [5.74, 6) is 0.294. The molecule has 0 spiro atoms. The molecule has 3 N–H and O–H groups in total. The van der Waals surface area contributed by atoms with Gasteiger partial charge in [-0.05, 0) is 43.4 Å². The molecule has 17 nitrogen and oxygen atoms in total. The van der Waals surface area contributed by atoms with E-state index in [2.05, 4.69) is 48.5 Å². The van der Waals surface area contributed by atoms with E-state index in [9.17, 15) is 43.2 Å². The third-order valence-electron chi connectivity index (χ3n) is 19.0. The summed E-state index contributed by atoms with van der Waals surface area (Å²) in [6.07, 6.45) is 58.3. The molecule has 19 heteroatoms. The summed E-state index contributed by atoms with van der Waals surface area (Å²) in [5.41, 5.74) is 0. The standard InChI is InChI=1S/C80H156O17P2/c1-8-10-11-12-13-30-40-47-54-61-77(82)90-67-75(96-80(85)64-57-50-43-36-29-23-25-32-38-45-52-59-72(5)6)69-94-98(86,87)92-65-74(81)66-93-99(88,89)95-70-76(68-91-78(83)62-55-48-41-34-28-22-24-31-37-44-51-58-71(3)4)97-79(84)63-56-49-42-35-27-21-19-17-15-14-16-18-20-26-33-39-46-53-60-73(7)9-2/h71-76,81H,8-70H2,1-7H3,(H,86,87)(H,88,89)/t73?,74-,75+,76+/m0/s1. The minimum Gasteiger partial charge on any atom is -0.462 e. The van der Waals surface area contributed by atoms with Gasteiger partial charge in [-0.2, -0.15) is 0 Å². The Labute approximate surface area is 607 Å². The van der Waals surface area contributed by atoms with Crippen LogP contribution in [-0.2, 0) is 65.4 Å². The van der Waals surface area contributed by atoms with E-state index in [1.165, 1.54) is 225 Å². The van der Waals surface area contributed by atoms with Gasteiger partial charge in [-0.25, -0.2) is 9.13 Å². The summed E-state index contributed by atoms with van der Waals surface area (Å²) in [4.78, 5) is 72.9. The fraction of sp³-hybridized carbons (Fsp3) is 0.950. The maximum atomic E-state index is 13.1. The molecule has 0 radical (unpaired) electrons. The molecular weight excluding hydrogens is 1290 g/mol. The van der Waals surface area contributed by atoms with Gasteiger partial charge < -0.3 is 33.8 Å². The highest BCUT2D eigenvalue weighted by atomic mass is 31.2. The third kappa shape index (κ3) is 72.8. The van der Waals surface area contributed by atoms with Crippen LogP contribution in [0.2, 0.25) is 0 Å². The van der Waals surface area contributed by atoms with Crippen LogP contribution in [0.25, 0.3) is 0 Å². The van der Waals surface area contributed by atoms with Gasteiger partial charge in [0.25, 0.3) is 0 Å². The second-order valence-corrected chi connectivity index (χ2v) is 32.9. The largest absolute Gasteiger partial charge is 0.472 e. The van der Waals surface area contributed by atoms with Gasteiger partial charge in [0.15, 0.2) is 12.2 Å². The zero-order valence-corrected chi connectivity index (χ0v) is 66.8. The SMILES string of the molecule is CCCCCCCCCCCC(=O)OC[C@H](COP(=O)(O)OC[C@H](O)COP(=O)(O)OC[C@@H](COC(=O)CCCCCCCCCCCCCC(C)C)OC(=O)CCCCCCCCCCCCCCCCCCCCC(C)CC)OC(=O)CCCCCCCCCCCCCC(C)C. The molecule has 6 atom stereocenters. The van der Waals surface area contributed by atoms with Crippen molar-refractivity contribution in [2.24, 2.45) is 17.8 Å². The van der Waals surface area contributed by atoms with Gasteiger partial charge in [0.1, 0.15) is 19.3 Å². The summed E-state index contributed by atoms with van der Waals surface area (Å²) in [6, 6.07) is 0. The Morgan fingerprint density at radius 2 is 0.515 bits per heavy atom. The first-order chi connectivity index (χ1) is 47.8. The van der Waals surface area contributed by atoms with Gasteiger partial charge in [-0.15, -0.1) is 0 Å². The van der Waals surface area contributed by atoms with E-state index in [1.807, 2.05) is 0 Å². The summed E-state index contributed by atoms with van der Waals surface area (Å²) in [6.45, 7) is 12.0. The highest BCUT2D eigenvalue weighted by Gasteiger charge is 2.30. The van der Waals surface area contributed by atoms with Crippen LogP contribution in [0.15, 0.2) is 0 Å². The zero-order chi connectivity index (χ0) is 73.0. The van der Waals surface area contributed by atoms with Crippen molar-refractivity contribution >= 4 is 39.5 Å². The first kappa shape index (κ1) is 97.1. The lowest BCUT2D eigenvalue weighted by atomic mass is 9.99. The normalized spacial score (nSPS) is 14.3. The summed E-state index contributed by atoms with van der Waals surface area (Å²) >= 11 is 0. The number of phosphoric acid groups is 2. The highest BCUT2D eigenvalue weighted by molar-refractivity contribution is 7.47. The molecule has 0 heterocycles. The predicted molar refractivity (Wildman–Crippen MR) is 405 cm³/mol. The Balaban J connectivity index is 5.20. The number of unbranched alkanes of at least 4 members (excludes halogenated alkanes) is 45. The number of rotatable bonds is 78. The molecule has 3 unspecified atom stereocenters. The predicted octanol–water partition coefficient (Wildman–Crippen LogP) is 23.7. The van der Waals surface area contributed by atoms with E-state index in [4.69, 9.17) is 37.0 Å². The van der Waals surface area contributed by atoms with Gasteiger partial charge in [0.05, 0.1) is 26.4 Å². The van der Waals surface area contributed by atoms with Crippen molar-refractivity contribution in [1.29, 1.82) is 0 Å². The first-order valence-corrected chi connectivity index (χ1v) is 44.4. The molecule has 0 saturated carbocycles. The van der Waals surface area contributed by atoms with E-state index in [0.717, 1.165) is 108 Å². The van der Waals surface area contributed by atoms with Crippen LogP contribution in [0.1, 0.15) is 414 Å². The van der Waals surface area contributed by atoms with Crippen LogP contribution in [-0.4, -0.2) is 96.7 Å². The molecule has 99 heavy (non-hydrogen) atoms. The van der Waals surface area contributed by atoms with Crippen molar-refractivity contribution in [2.75, 3.05) is 39.6 Å². The van der Waals surface area contributed by atoms with Crippen molar-refractivity contribution in [3.8, 4) is 0 Å². The Hall–Kier alpha value is -1.94. The average molecular weight is 1450 g/mol. The van der Waals surface area contributed by atoms with Crippen molar-refractivity contribution < 1.29 is 80.2 Å². The zero-order valence-electron chi connectivity index (χ0n) is 65.0. The maximum absolute atomic E-state index is 13.1. The quantitative estimate of drug-likeness (QED) is 0.0222. The molecule has 0 bridgehead atoms.